The van der Waals surface area contributed by atoms with E-state index in [1.54, 1.807) is 12.3 Å². The standard InChI is InChI=1S/C16H21BrN4O2S/c17-12-3-4-14(18-10-12)19-15(22)11-21-5-1-2-13(21)16(23)20-6-8-24-9-7-20/h3-4,10,13H,1-2,5-9,11H2,(H,18,19,22). The van der Waals surface area contributed by atoms with Crippen molar-refractivity contribution in [2.24, 2.45) is 0 Å². The van der Waals surface area contributed by atoms with Crippen LogP contribution in [0.1, 0.15) is 12.8 Å². The number of thioether (sulfide) groups is 1. The molecule has 0 radical (unpaired) electrons. The van der Waals surface area contributed by atoms with E-state index in [9.17, 15) is 9.59 Å². The molecule has 0 saturated carbocycles. The number of likely N-dealkylation sites (tertiary alicyclic amines) is 1. The monoisotopic (exact) mass is 412 g/mol. The number of halogens is 1. The summed E-state index contributed by atoms with van der Waals surface area (Å²) in [4.78, 5) is 33.1. The van der Waals surface area contributed by atoms with E-state index in [0.29, 0.717) is 5.82 Å². The lowest BCUT2D eigenvalue weighted by molar-refractivity contribution is -0.136. The number of amides is 2. The Morgan fingerprint density at radius 1 is 1.29 bits per heavy atom. The lowest BCUT2D eigenvalue weighted by Crippen LogP contribution is -2.49. The van der Waals surface area contributed by atoms with Gasteiger partial charge in [0, 0.05) is 35.3 Å². The van der Waals surface area contributed by atoms with Gasteiger partial charge in [0.15, 0.2) is 0 Å². The zero-order valence-corrected chi connectivity index (χ0v) is 15.8. The van der Waals surface area contributed by atoms with E-state index in [1.807, 2.05) is 27.6 Å². The molecule has 1 atom stereocenters. The summed E-state index contributed by atoms with van der Waals surface area (Å²) in [6.45, 7) is 2.67. The minimum atomic E-state index is -0.156. The fraction of sp³-hybridized carbons (Fsp3) is 0.562. The highest BCUT2D eigenvalue weighted by Gasteiger charge is 2.35. The molecule has 3 rings (SSSR count). The third-order valence-corrected chi connectivity index (χ3v) is 5.72. The van der Waals surface area contributed by atoms with Crippen molar-refractivity contribution in [3.05, 3.63) is 22.8 Å². The number of hydrogen-bond acceptors (Lipinski definition) is 5. The molecular weight excluding hydrogens is 392 g/mol. The normalized spacial score (nSPS) is 21.7. The minimum Gasteiger partial charge on any atom is -0.340 e. The Morgan fingerprint density at radius 2 is 2.08 bits per heavy atom. The highest BCUT2D eigenvalue weighted by molar-refractivity contribution is 9.10. The predicted octanol–water partition coefficient (Wildman–Crippen LogP) is 1.82. The first kappa shape index (κ1) is 17.7. The average Bonchev–Trinajstić information content (AvgIpc) is 3.05. The quantitative estimate of drug-likeness (QED) is 0.816. The molecule has 1 N–H and O–H groups in total. The van der Waals surface area contributed by atoms with Crippen LogP contribution in [0, 0.1) is 0 Å². The van der Waals surface area contributed by atoms with Gasteiger partial charge in [0.1, 0.15) is 5.82 Å². The molecule has 2 aliphatic heterocycles. The molecule has 2 saturated heterocycles. The van der Waals surface area contributed by atoms with Crippen molar-refractivity contribution in [2.75, 3.05) is 43.0 Å². The van der Waals surface area contributed by atoms with Crippen molar-refractivity contribution in [3.63, 3.8) is 0 Å². The Bertz CT molecular complexity index is 592. The minimum absolute atomic E-state index is 0.126. The lowest BCUT2D eigenvalue weighted by Gasteiger charge is -2.32. The van der Waals surface area contributed by atoms with Crippen molar-refractivity contribution in [1.82, 2.24) is 14.8 Å². The highest BCUT2D eigenvalue weighted by Crippen LogP contribution is 2.21. The number of hydrogen-bond donors (Lipinski definition) is 1. The Labute approximate surface area is 154 Å². The summed E-state index contributed by atoms with van der Waals surface area (Å²) < 4.78 is 0.866. The summed E-state index contributed by atoms with van der Waals surface area (Å²) in [6, 6.07) is 3.43. The van der Waals surface area contributed by atoms with Crippen LogP contribution in [0.25, 0.3) is 0 Å². The zero-order chi connectivity index (χ0) is 16.9. The molecule has 2 fully saturated rings. The topological polar surface area (TPSA) is 65.5 Å². The molecular formula is C16H21BrN4O2S. The summed E-state index contributed by atoms with van der Waals surface area (Å²) in [5, 5.41) is 2.79. The number of nitrogens with one attached hydrogen (secondary N) is 1. The summed E-state index contributed by atoms with van der Waals surface area (Å²) in [7, 11) is 0. The van der Waals surface area contributed by atoms with E-state index < -0.39 is 0 Å². The molecule has 24 heavy (non-hydrogen) atoms. The van der Waals surface area contributed by atoms with Crippen LogP contribution in [0.3, 0.4) is 0 Å². The molecule has 0 aromatic carbocycles. The lowest BCUT2D eigenvalue weighted by atomic mass is 10.2. The molecule has 6 nitrogen and oxygen atoms in total. The van der Waals surface area contributed by atoms with Gasteiger partial charge in [-0.25, -0.2) is 4.98 Å². The number of nitrogens with zero attached hydrogens (tertiary/aromatic N) is 3. The maximum Gasteiger partial charge on any atom is 0.239 e. The Morgan fingerprint density at radius 3 is 2.79 bits per heavy atom. The van der Waals surface area contributed by atoms with Gasteiger partial charge in [0.05, 0.1) is 12.6 Å². The van der Waals surface area contributed by atoms with Crippen LogP contribution in [0.15, 0.2) is 22.8 Å². The summed E-state index contributed by atoms with van der Waals surface area (Å²) in [5.41, 5.74) is 0. The molecule has 1 unspecified atom stereocenters. The SMILES string of the molecule is O=C(CN1CCCC1C(=O)N1CCSCC1)Nc1ccc(Br)cn1. The number of pyridine rings is 1. The average molecular weight is 413 g/mol. The number of carbonyl (C=O) groups excluding carboxylic acids is 2. The van der Waals surface area contributed by atoms with Gasteiger partial charge in [-0.05, 0) is 47.4 Å². The van der Waals surface area contributed by atoms with Crippen molar-refractivity contribution in [1.29, 1.82) is 0 Å². The molecule has 1 aromatic rings. The van der Waals surface area contributed by atoms with E-state index in [2.05, 4.69) is 26.2 Å². The summed E-state index contributed by atoms with van der Waals surface area (Å²) in [6.07, 6.45) is 3.45. The molecule has 1 aromatic heterocycles. The second kappa shape index (κ2) is 8.31. The third-order valence-electron chi connectivity index (χ3n) is 4.31. The molecule has 0 aliphatic carbocycles. The largest absolute Gasteiger partial charge is 0.340 e. The van der Waals surface area contributed by atoms with Gasteiger partial charge in [0.25, 0.3) is 0 Å². The summed E-state index contributed by atoms with van der Waals surface area (Å²) in [5.74, 6) is 2.60. The second-order valence-electron chi connectivity index (χ2n) is 5.98. The van der Waals surface area contributed by atoms with E-state index in [-0.39, 0.29) is 24.4 Å². The third kappa shape index (κ3) is 4.49. The van der Waals surface area contributed by atoms with E-state index in [1.165, 1.54) is 0 Å². The molecule has 0 bridgehead atoms. The van der Waals surface area contributed by atoms with Gasteiger partial charge in [0.2, 0.25) is 11.8 Å². The summed E-state index contributed by atoms with van der Waals surface area (Å²) >= 11 is 5.21. The molecule has 0 spiro atoms. The second-order valence-corrected chi connectivity index (χ2v) is 8.12. The first-order valence-electron chi connectivity index (χ1n) is 8.15. The number of rotatable bonds is 4. The zero-order valence-electron chi connectivity index (χ0n) is 13.4. The van der Waals surface area contributed by atoms with Crippen LogP contribution in [-0.4, -0.2) is 70.3 Å². The molecule has 2 amide bonds. The molecule has 2 aliphatic rings. The van der Waals surface area contributed by atoms with Crippen LogP contribution in [-0.2, 0) is 9.59 Å². The van der Waals surface area contributed by atoms with Crippen molar-refractivity contribution < 1.29 is 9.59 Å². The van der Waals surface area contributed by atoms with E-state index >= 15 is 0 Å². The van der Waals surface area contributed by atoms with Crippen LogP contribution < -0.4 is 5.32 Å². The first-order chi connectivity index (χ1) is 11.6. The molecule has 3 heterocycles. The van der Waals surface area contributed by atoms with Crippen LogP contribution in [0.4, 0.5) is 5.82 Å². The molecule has 130 valence electrons. The van der Waals surface area contributed by atoms with Gasteiger partial charge >= 0.3 is 0 Å². The Hall–Kier alpha value is -1.12. The first-order valence-corrected chi connectivity index (χ1v) is 10.1. The van der Waals surface area contributed by atoms with Gasteiger partial charge < -0.3 is 10.2 Å². The predicted molar refractivity (Wildman–Crippen MR) is 99.1 cm³/mol. The van der Waals surface area contributed by atoms with Crippen LogP contribution >= 0.6 is 27.7 Å². The Balaban J connectivity index is 1.55. The maximum absolute atomic E-state index is 12.7. The highest BCUT2D eigenvalue weighted by atomic mass is 79.9. The van der Waals surface area contributed by atoms with Gasteiger partial charge in [-0.1, -0.05) is 0 Å². The Kier molecular flexibility index (Phi) is 6.13. The fourth-order valence-corrected chi connectivity index (χ4v) is 4.24. The number of aromatic nitrogens is 1. The van der Waals surface area contributed by atoms with Crippen molar-refractivity contribution in [3.8, 4) is 0 Å². The van der Waals surface area contributed by atoms with Crippen LogP contribution in [0.5, 0.6) is 0 Å². The van der Waals surface area contributed by atoms with Crippen molar-refractivity contribution >= 4 is 45.3 Å². The number of anilines is 1. The van der Waals surface area contributed by atoms with Gasteiger partial charge in [-0.3, -0.25) is 14.5 Å². The van der Waals surface area contributed by atoms with E-state index in [0.717, 1.165) is 48.5 Å². The smallest absolute Gasteiger partial charge is 0.239 e. The fourth-order valence-electron chi connectivity index (χ4n) is 3.11. The number of carbonyl (C=O) groups is 2. The van der Waals surface area contributed by atoms with Crippen LogP contribution in [0.2, 0.25) is 0 Å². The van der Waals surface area contributed by atoms with Crippen molar-refractivity contribution in [2.45, 2.75) is 18.9 Å². The van der Waals surface area contributed by atoms with E-state index in [4.69, 9.17) is 0 Å². The van der Waals surface area contributed by atoms with Gasteiger partial charge in [-0.15, -0.1) is 0 Å². The maximum atomic E-state index is 12.7. The molecule has 8 heteroatoms. The van der Waals surface area contributed by atoms with Gasteiger partial charge in [-0.2, -0.15) is 11.8 Å².